The molecule has 156 valence electrons. The molecule has 0 unspecified atom stereocenters. The van der Waals surface area contributed by atoms with Gasteiger partial charge in [0.2, 0.25) is 5.91 Å². The number of aliphatic carboxylic acids is 1. The van der Waals surface area contributed by atoms with Crippen LogP contribution in [0.2, 0.25) is 0 Å². The van der Waals surface area contributed by atoms with Crippen LogP contribution in [0.4, 0.5) is 16.2 Å². The molecular formula is C19H25N5O5. The number of piperazine rings is 1. The van der Waals surface area contributed by atoms with Gasteiger partial charge in [-0.15, -0.1) is 0 Å². The highest BCUT2D eigenvalue weighted by atomic mass is 16.6. The Labute approximate surface area is 168 Å². The van der Waals surface area contributed by atoms with Crippen molar-refractivity contribution in [1.29, 1.82) is 0 Å². The molecule has 1 aromatic carbocycles. The standard InChI is InChI=1S/C19H25N5O5/c1-19(2,3)29-18(28)23-8-9-24(16(25)12-23)15-6-4-13(5-7-15)21-11-14(22-20)10-17(26)27/h4-7,11H,8-10,12,20H2,1-3H3,(H,26,27). The molecule has 2 amide bonds. The average molecular weight is 403 g/mol. The maximum atomic E-state index is 12.5. The van der Waals surface area contributed by atoms with Gasteiger partial charge in [0.25, 0.3) is 0 Å². The van der Waals surface area contributed by atoms with Crippen molar-refractivity contribution in [1.82, 2.24) is 4.90 Å². The van der Waals surface area contributed by atoms with Gasteiger partial charge in [-0.25, -0.2) is 4.79 Å². The summed E-state index contributed by atoms with van der Waals surface area (Å²) in [7, 11) is 0. The van der Waals surface area contributed by atoms with Gasteiger partial charge in [-0.05, 0) is 45.0 Å². The summed E-state index contributed by atoms with van der Waals surface area (Å²) in [5.74, 6) is 3.87. The van der Waals surface area contributed by atoms with Gasteiger partial charge in [-0.1, -0.05) is 0 Å². The van der Waals surface area contributed by atoms with Crippen LogP contribution in [0.15, 0.2) is 34.4 Å². The lowest BCUT2D eigenvalue weighted by Crippen LogP contribution is -2.53. The number of hydrogen-bond donors (Lipinski definition) is 2. The normalized spacial score (nSPS) is 15.7. The number of amides is 2. The summed E-state index contributed by atoms with van der Waals surface area (Å²) in [4.78, 5) is 42.4. The van der Waals surface area contributed by atoms with Gasteiger partial charge in [0.15, 0.2) is 0 Å². The quantitative estimate of drug-likeness (QED) is 0.436. The Bertz CT molecular complexity index is 826. The number of hydrogen-bond acceptors (Lipinski definition) is 7. The fraction of sp³-hybridized carbons (Fsp3) is 0.421. The van der Waals surface area contributed by atoms with Crippen molar-refractivity contribution in [2.24, 2.45) is 15.9 Å². The molecule has 0 aliphatic carbocycles. The van der Waals surface area contributed by atoms with Gasteiger partial charge in [0.05, 0.1) is 24.0 Å². The summed E-state index contributed by atoms with van der Waals surface area (Å²) in [5.41, 5.74) is 0.748. The van der Waals surface area contributed by atoms with E-state index in [4.69, 9.17) is 15.7 Å². The van der Waals surface area contributed by atoms with Crippen LogP contribution >= 0.6 is 0 Å². The Morgan fingerprint density at radius 3 is 2.41 bits per heavy atom. The fourth-order valence-corrected chi connectivity index (χ4v) is 2.58. The number of carboxylic acids is 1. The second-order valence-corrected chi connectivity index (χ2v) is 7.41. The van der Waals surface area contributed by atoms with Crippen LogP contribution in [0.3, 0.4) is 0 Å². The fourth-order valence-electron chi connectivity index (χ4n) is 2.58. The number of carboxylic acid groups (broad SMARTS) is 1. The molecule has 1 fully saturated rings. The molecule has 1 aliphatic rings. The van der Waals surface area contributed by atoms with E-state index in [-0.39, 0.29) is 24.6 Å². The Balaban J connectivity index is 1.99. The highest BCUT2D eigenvalue weighted by molar-refractivity contribution is 6.34. The van der Waals surface area contributed by atoms with Gasteiger partial charge in [0.1, 0.15) is 12.1 Å². The maximum absolute atomic E-state index is 12.5. The van der Waals surface area contributed by atoms with E-state index in [2.05, 4.69) is 10.1 Å². The molecule has 29 heavy (non-hydrogen) atoms. The predicted octanol–water partition coefficient (Wildman–Crippen LogP) is 1.76. The van der Waals surface area contributed by atoms with E-state index in [1.165, 1.54) is 11.1 Å². The third-order valence-corrected chi connectivity index (χ3v) is 3.89. The van der Waals surface area contributed by atoms with Crippen LogP contribution in [0.25, 0.3) is 0 Å². The van der Waals surface area contributed by atoms with Gasteiger partial charge < -0.3 is 20.6 Å². The summed E-state index contributed by atoms with van der Waals surface area (Å²) >= 11 is 0. The minimum absolute atomic E-state index is 0.0552. The zero-order chi connectivity index (χ0) is 21.6. The zero-order valence-electron chi connectivity index (χ0n) is 16.7. The molecule has 1 aromatic rings. The molecule has 0 spiro atoms. The van der Waals surface area contributed by atoms with Gasteiger partial charge in [-0.3, -0.25) is 19.5 Å². The van der Waals surface area contributed by atoms with E-state index < -0.39 is 17.7 Å². The Morgan fingerprint density at radius 2 is 1.90 bits per heavy atom. The average Bonchev–Trinajstić information content (AvgIpc) is 2.64. The number of ether oxygens (including phenoxy) is 1. The predicted molar refractivity (Wildman–Crippen MR) is 109 cm³/mol. The summed E-state index contributed by atoms with van der Waals surface area (Å²) in [6.45, 7) is 5.99. The van der Waals surface area contributed by atoms with Crippen LogP contribution < -0.4 is 10.7 Å². The molecule has 0 saturated carbocycles. The second-order valence-electron chi connectivity index (χ2n) is 7.41. The molecule has 10 heteroatoms. The highest BCUT2D eigenvalue weighted by Crippen LogP contribution is 2.22. The van der Waals surface area contributed by atoms with Crippen molar-refractivity contribution in [2.45, 2.75) is 32.8 Å². The third kappa shape index (κ3) is 6.59. The largest absolute Gasteiger partial charge is 0.481 e. The summed E-state index contributed by atoms with van der Waals surface area (Å²) < 4.78 is 5.31. The second kappa shape index (κ2) is 9.18. The number of aliphatic imine (C=N–C) groups is 1. The molecule has 10 nitrogen and oxygen atoms in total. The molecule has 0 radical (unpaired) electrons. The van der Waals surface area contributed by atoms with E-state index >= 15 is 0 Å². The molecule has 0 atom stereocenters. The topological polar surface area (TPSA) is 138 Å². The van der Waals surface area contributed by atoms with Crippen molar-refractivity contribution in [3.63, 3.8) is 0 Å². The van der Waals surface area contributed by atoms with Crippen molar-refractivity contribution in [3.8, 4) is 0 Å². The number of anilines is 1. The Hall–Kier alpha value is -3.43. The van der Waals surface area contributed by atoms with Crippen LogP contribution in [-0.2, 0) is 14.3 Å². The molecule has 1 saturated heterocycles. The van der Waals surface area contributed by atoms with E-state index in [0.717, 1.165) is 0 Å². The summed E-state index contributed by atoms with van der Waals surface area (Å²) in [6.07, 6.45) is 0.455. The first-order chi connectivity index (χ1) is 13.6. The maximum Gasteiger partial charge on any atom is 0.410 e. The van der Waals surface area contributed by atoms with Crippen molar-refractivity contribution in [3.05, 3.63) is 24.3 Å². The molecule has 0 aromatic heterocycles. The molecule has 0 bridgehead atoms. The number of nitrogens with two attached hydrogens (primary N) is 1. The summed E-state index contributed by atoms with van der Waals surface area (Å²) in [5, 5.41) is 12.1. The lowest BCUT2D eigenvalue weighted by Gasteiger charge is -2.35. The van der Waals surface area contributed by atoms with E-state index in [1.54, 1.807) is 49.9 Å². The number of carbonyl (C=O) groups excluding carboxylic acids is 2. The zero-order valence-corrected chi connectivity index (χ0v) is 16.7. The molecule has 1 heterocycles. The van der Waals surface area contributed by atoms with Crippen LogP contribution in [-0.4, -0.2) is 65.1 Å². The first-order valence-electron chi connectivity index (χ1n) is 9.00. The monoisotopic (exact) mass is 403 g/mol. The van der Waals surface area contributed by atoms with Gasteiger partial charge in [-0.2, -0.15) is 5.10 Å². The van der Waals surface area contributed by atoms with E-state index in [9.17, 15) is 14.4 Å². The minimum Gasteiger partial charge on any atom is -0.481 e. The molecule has 2 rings (SSSR count). The lowest BCUT2D eigenvalue weighted by atomic mass is 10.2. The third-order valence-electron chi connectivity index (χ3n) is 3.89. The lowest BCUT2D eigenvalue weighted by molar-refractivity contribution is -0.135. The number of hydrazone groups is 1. The van der Waals surface area contributed by atoms with Gasteiger partial charge >= 0.3 is 12.1 Å². The number of rotatable bonds is 5. The summed E-state index contributed by atoms with van der Waals surface area (Å²) in [6, 6.07) is 6.83. The Kier molecular flexibility index (Phi) is 6.92. The van der Waals surface area contributed by atoms with Crippen LogP contribution in [0.5, 0.6) is 0 Å². The van der Waals surface area contributed by atoms with E-state index in [0.29, 0.717) is 24.5 Å². The molecule has 3 N–H and O–H groups in total. The number of benzene rings is 1. The van der Waals surface area contributed by atoms with Crippen LogP contribution in [0.1, 0.15) is 27.2 Å². The molecule has 1 aliphatic heterocycles. The first kappa shape index (κ1) is 21.9. The Morgan fingerprint density at radius 1 is 1.24 bits per heavy atom. The van der Waals surface area contributed by atoms with E-state index in [1.807, 2.05) is 0 Å². The minimum atomic E-state index is -1.06. The smallest absolute Gasteiger partial charge is 0.410 e. The number of nitrogens with zero attached hydrogens (tertiary/aromatic N) is 4. The van der Waals surface area contributed by atoms with Crippen molar-refractivity contribution < 1.29 is 24.2 Å². The van der Waals surface area contributed by atoms with Crippen molar-refractivity contribution >= 4 is 41.3 Å². The van der Waals surface area contributed by atoms with Gasteiger partial charge in [0, 0.05) is 18.8 Å². The first-order valence-corrected chi connectivity index (χ1v) is 9.00. The highest BCUT2D eigenvalue weighted by Gasteiger charge is 2.30. The molecular weight excluding hydrogens is 378 g/mol. The SMILES string of the molecule is CC(C)(C)OC(=O)N1CCN(c2ccc(N=CC(CC(=O)O)=NN)cc2)C(=O)C1. The van der Waals surface area contributed by atoms with Crippen LogP contribution in [0, 0.1) is 0 Å². The van der Waals surface area contributed by atoms with Crippen molar-refractivity contribution in [2.75, 3.05) is 24.5 Å². The number of carbonyl (C=O) groups is 3.